The van der Waals surface area contributed by atoms with Crippen LogP contribution in [0.15, 0.2) is 18.2 Å². The van der Waals surface area contributed by atoms with Crippen molar-refractivity contribution in [3.8, 4) is 0 Å². The number of halogens is 1. The highest BCUT2D eigenvalue weighted by atomic mass is 35.5. The van der Waals surface area contributed by atoms with Gasteiger partial charge in [0, 0.05) is 51.4 Å². The Morgan fingerprint density at radius 1 is 1.30 bits per heavy atom. The fraction of sp³-hybridized carbons (Fsp3) is 0.500. The van der Waals surface area contributed by atoms with Crippen LogP contribution in [0.1, 0.15) is 23.7 Å². The van der Waals surface area contributed by atoms with E-state index in [2.05, 4.69) is 16.9 Å². The number of nitro groups is 1. The number of aliphatic hydroxyl groups is 1. The highest BCUT2D eigenvalue weighted by molar-refractivity contribution is 6.30. The maximum atomic E-state index is 11.4. The molecular formula is C18H24ClN5O3. The Kier molecular flexibility index (Phi) is 5.98. The quantitative estimate of drug-likeness (QED) is 0.598. The van der Waals surface area contributed by atoms with Gasteiger partial charge in [-0.3, -0.25) is 19.7 Å². The van der Waals surface area contributed by atoms with E-state index in [-0.39, 0.29) is 17.2 Å². The monoisotopic (exact) mass is 393 g/mol. The molecule has 2 aromatic rings. The minimum absolute atomic E-state index is 0.0734. The largest absolute Gasteiger partial charge is 0.392 e. The highest BCUT2D eigenvalue weighted by Gasteiger charge is 2.25. The van der Waals surface area contributed by atoms with E-state index in [4.69, 9.17) is 11.6 Å². The van der Waals surface area contributed by atoms with Crippen molar-refractivity contribution in [2.24, 2.45) is 7.05 Å². The van der Waals surface area contributed by atoms with Crippen LogP contribution in [0.5, 0.6) is 0 Å². The summed E-state index contributed by atoms with van der Waals surface area (Å²) >= 11 is 6.39. The van der Waals surface area contributed by atoms with E-state index in [1.165, 1.54) is 6.07 Å². The van der Waals surface area contributed by atoms with Crippen LogP contribution in [-0.4, -0.2) is 50.9 Å². The predicted octanol–water partition coefficient (Wildman–Crippen LogP) is 2.36. The maximum Gasteiger partial charge on any atom is 0.292 e. The third-order valence-electron chi connectivity index (χ3n) is 5.00. The fourth-order valence-electron chi connectivity index (χ4n) is 3.49. The van der Waals surface area contributed by atoms with Gasteiger partial charge in [0.25, 0.3) is 5.69 Å². The second-order valence-electron chi connectivity index (χ2n) is 6.69. The van der Waals surface area contributed by atoms with Crippen molar-refractivity contribution < 1.29 is 10.0 Å². The standard InChI is InChI=1S/C18H24ClN5O3/c1-3-15-14(18(19)21(2)20-15)11-22-6-8-23(9-7-22)17-10-13(12-25)4-5-16(17)24(26)27/h4-5,10,25H,3,6-9,11-12H2,1-2H3. The summed E-state index contributed by atoms with van der Waals surface area (Å²) in [4.78, 5) is 15.3. The number of rotatable bonds is 6. The highest BCUT2D eigenvalue weighted by Crippen LogP contribution is 2.31. The lowest BCUT2D eigenvalue weighted by molar-refractivity contribution is -0.384. The lowest BCUT2D eigenvalue weighted by Gasteiger charge is -2.36. The molecule has 0 spiro atoms. The van der Waals surface area contributed by atoms with Crippen molar-refractivity contribution in [3.63, 3.8) is 0 Å². The van der Waals surface area contributed by atoms with Gasteiger partial charge in [-0.05, 0) is 24.1 Å². The van der Waals surface area contributed by atoms with E-state index in [1.54, 1.807) is 16.8 Å². The van der Waals surface area contributed by atoms with Gasteiger partial charge in [0.2, 0.25) is 0 Å². The molecule has 1 saturated heterocycles. The van der Waals surface area contributed by atoms with Gasteiger partial charge < -0.3 is 10.0 Å². The zero-order valence-corrected chi connectivity index (χ0v) is 16.3. The zero-order valence-electron chi connectivity index (χ0n) is 15.6. The number of nitro benzene ring substituents is 1. The molecule has 1 aliphatic rings. The van der Waals surface area contributed by atoms with Gasteiger partial charge >= 0.3 is 0 Å². The smallest absolute Gasteiger partial charge is 0.292 e. The van der Waals surface area contributed by atoms with E-state index in [9.17, 15) is 15.2 Å². The molecule has 2 heterocycles. The van der Waals surface area contributed by atoms with Crippen molar-refractivity contribution in [2.45, 2.75) is 26.5 Å². The average Bonchev–Trinajstić information content (AvgIpc) is 2.95. The molecule has 0 aliphatic carbocycles. The molecule has 0 bridgehead atoms. The molecule has 1 aromatic carbocycles. The summed E-state index contributed by atoms with van der Waals surface area (Å²) in [5, 5.41) is 25.8. The fourth-order valence-corrected chi connectivity index (χ4v) is 3.69. The molecule has 0 radical (unpaired) electrons. The molecule has 1 aliphatic heterocycles. The minimum Gasteiger partial charge on any atom is -0.392 e. The van der Waals surface area contributed by atoms with E-state index < -0.39 is 0 Å². The first kappa shape index (κ1) is 19.6. The first-order valence-corrected chi connectivity index (χ1v) is 9.38. The van der Waals surface area contributed by atoms with Gasteiger partial charge in [0.05, 0.1) is 17.2 Å². The zero-order chi connectivity index (χ0) is 19.6. The van der Waals surface area contributed by atoms with Crippen molar-refractivity contribution in [1.29, 1.82) is 0 Å². The summed E-state index contributed by atoms with van der Waals surface area (Å²) in [6.07, 6.45) is 0.829. The number of benzene rings is 1. The van der Waals surface area contributed by atoms with Crippen LogP contribution in [0.4, 0.5) is 11.4 Å². The van der Waals surface area contributed by atoms with Crippen molar-refractivity contribution in [1.82, 2.24) is 14.7 Å². The number of hydrogen-bond donors (Lipinski definition) is 1. The van der Waals surface area contributed by atoms with Crippen LogP contribution in [-0.2, 0) is 26.6 Å². The van der Waals surface area contributed by atoms with Crippen LogP contribution < -0.4 is 4.90 Å². The molecule has 0 atom stereocenters. The summed E-state index contributed by atoms with van der Waals surface area (Å²) in [7, 11) is 1.84. The third-order valence-corrected chi connectivity index (χ3v) is 5.47. The predicted molar refractivity (Wildman–Crippen MR) is 104 cm³/mol. The number of nitrogens with zero attached hydrogens (tertiary/aromatic N) is 5. The molecule has 3 rings (SSSR count). The molecule has 0 amide bonds. The van der Waals surface area contributed by atoms with Crippen LogP contribution in [0, 0.1) is 10.1 Å². The Balaban J connectivity index is 1.72. The molecule has 1 fully saturated rings. The second kappa shape index (κ2) is 8.24. The lowest BCUT2D eigenvalue weighted by atomic mass is 10.1. The normalized spacial score (nSPS) is 15.3. The Morgan fingerprint density at radius 2 is 2.00 bits per heavy atom. The van der Waals surface area contributed by atoms with Crippen LogP contribution >= 0.6 is 11.6 Å². The Bertz CT molecular complexity index is 831. The van der Waals surface area contributed by atoms with Gasteiger partial charge in [0.1, 0.15) is 10.8 Å². The topological polar surface area (TPSA) is 87.7 Å². The summed E-state index contributed by atoms with van der Waals surface area (Å²) in [5.74, 6) is 0. The number of anilines is 1. The van der Waals surface area contributed by atoms with Crippen LogP contribution in [0.3, 0.4) is 0 Å². The molecule has 9 heteroatoms. The Hall–Kier alpha value is -2.16. The Labute approximate surface area is 163 Å². The molecule has 0 saturated carbocycles. The van der Waals surface area contributed by atoms with Gasteiger partial charge in [-0.25, -0.2) is 0 Å². The number of aliphatic hydroxyl groups excluding tert-OH is 1. The van der Waals surface area contributed by atoms with E-state index in [0.29, 0.717) is 29.5 Å². The van der Waals surface area contributed by atoms with E-state index in [1.807, 2.05) is 11.9 Å². The second-order valence-corrected chi connectivity index (χ2v) is 7.05. The van der Waals surface area contributed by atoms with Crippen LogP contribution in [0.2, 0.25) is 5.15 Å². The first-order valence-electron chi connectivity index (χ1n) is 9.00. The Morgan fingerprint density at radius 3 is 2.59 bits per heavy atom. The minimum atomic E-state index is -0.369. The van der Waals surface area contributed by atoms with Crippen molar-refractivity contribution in [2.75, 3.05) is 31.1 Å². The number of aromatic nitrogens is 2. The number of hydrogen-bond acceptors (Lipinski definition) is 6. The summed E-state index contributed by atoms with van der Waals surface area (Å²) in [6, 6.07) is 4.77. The number of aryl methyl sites for hydroxylation is 2. The summed E-state index contributed by atoms with van der Waals surface area (Å²) in [5.41, 5.74) is 3.39. The van der Waals surface area contributed by atoms with Gasteiger partial charge in [-0.1, -0.05) is 18.5 Å². The van der Waals surface area contributed by atoms with Crippen molar-refractivity contribution >= 4 is 23.0 Å². The molecule has 27 heavy (non-hydrogen) atoms. The molecule has 146 valence electrons. The van der Waals surface area contributed by atoms with Gasteiger partial charge in [-0.2, -0.15) is 5.10 Å². The average molecular weight is 394 g/mol. The molecule has 1 N–H and O–H groups in total. The number of piperazine rings is 1. The molecular weight excluding hydrogens is 370 g/mol. The van der Waals surface area contributed by atoms with Crippen molar-refractivity contribution in [3.05, 3.63) is 50.3 Å². The van der Waals surface area contributed by atoms with Gasteiger partial charge in [0.15, 0.2) is 0 Å². The SMILES string of the molecule is CCc1nn(C)c(Cl)c1CN1CCN(c2cc(CO)ccc2[N+](=O)[O-])CC1. The van der Waals surface area contributed by atoms with E-state index >= 15 is 0 Å². The lowest BCUT2D eigenvalue weighted by Crippen LogP contribution is -2.46. The van der Waals surface area contributed by atoms with E-state index in [0.717, 1.165) is 37.3 Å². The van der Waals surface area contributed by atoms with Gasteiger partial charge in [-0.15, -0.1) is 0 Å². The molecule has 0 unspecified atom stereocenters. The van der Waals surface area contributed by atoms with Crippen LogP contribution in [0.25, 0.3) is 0 Å². The molecule has 1 aromatic heterocycles. The first-order chi connectivity index (χ1) is 12.9. The summed E-state index contributed by atoms with van der Waals surface area (Å²) in [6.45, 7) is 5.55. The molecule has 8 nitrogen and oxygen atoms in total. The maximum absolute atomic E-state index is 11.4. The third kappa shape index (κ3) is 4.07. The summed E-state index contributed by atoms with van der Waals surface area (Å²) < 4.78 is 1.70.